The zero-order chi connectivity index (χ0) is 14.4. The van der Waals surface area contributed by atoms with Gasteiger partial charge in [-0.25, -0.2) is 0 Å². The van der Waals surface area contributed by atoms with Crippen molar-refractivity contribution in [2.75, 3.05) is 18.5 Å². The van der Waals surface area contributed by atoms with Crippen LogP contribution in [0.4, 0.5) is 5.69 Å². The number of rotatable bonds is 4. The number of nitrogens with one attached hydrogen (secondary N) is 2. The Morgan fingerprint density at radius 3 is 2.80 bits per heavy atom. The number of amides is 2. The standard InChI is InChI=1S/C15H20N2O3/c1-2-11-6-3-4-8-13(11)17-15(19)14(18)16-10-12-7-5-9-20-12/h3-4,6,8,12H,2,5,7,9-10H2,1H3,(H,16,18)(H,17,19). The molecule has 1 aromatic carbocycles. The Labute approximate surface area is 118 Å². The summed E-state index contributed by atoms with van der Waals surface area (Å²) in [6.45, 7) is 3.13. The van der Waals surface area contributed by atoms with Crippen LogP contribution in [0, 0.1) is 0 Å². The Morgan fingerprint density at radius 2 is 2.10 bits per heavy atom. The van der Waals surface area contributed by atoms with Crippen molar-refractivity contribution >= 4 is 17.5 Å². The third-order valence-corrected chi connectivity index (χ3v) is 3.37. The molecular formula is C15H20N2O3. The molecular weight excluding hydrogens is 256 g/mol. The summed E-state index contributed by atoms with van der Waals surface area (Å²) in [5, 5.41) is 5.25. The first-order chi connectivity index (χ1) is 9.70. The summed E-state index contributed by atoms with van der Waals surface area (Å²) in [5.41, 5.74) is 1.69. The first-order valence-corrected chi connectivity index (χ1v) is 6.99. The van der Waals surface area contributed by atoms with Crippen molar-refractivity contribution < 1.29 is 14.3 Å². The van der Waals surface area contributed by atoms with Gasteiger partial charge in [0.1, 0.15) is 0 Å². The van der Waals surface area contributed by atoms with Crippen LogP contribution in [0.5, 0.6) is 0 Å². The molecule has 1 aliphatic rings. The van der Waals surface area contributed by atoms with Crippen LogP contribution in [0.2, 0.25) is 0 Å². The van der Waals surface area contributed by atoms with Crippen LogP contribution in [0.3, 0.4) is 0 Å². The molecule has 1 atom stereocenters. The number of aryl methyl sites for hydroxylation is 1. The van der Waals surface area contributed by atoms with Gasteiger partial charge in [-0.1, -0.05) is 25.1 Å². The van der Waals surface area contributed by atoms with Gasteiger partial charge in [-0.15, -0.1) is 0 Å². The number of benzene rings is 1. The second-order valence-corrected chi connectivity index (χ2v) is 4.81. The maximum atomic E-state index is 11.8. The van der Waals surface area contributed by atoms with Gasteiger partial charge in [-0.3, -0.25) is 9.59 Å². The van der Waals surface area contributed by atoms with Crippen molar-refractivity contribution in [3.63, 3.8) is 0 Å². The van der Waals surface area contributed by atoms with E-state index >= 15 is 0 Å². The van der Waals surface area contributed by atoms with E-state index in [-0.39, 0.29) is 6.10 Å². The normalized spacial score (nSPS) is 17.8. The zero-order valence-electron chi connectivity index (χ0n) is 11.6. The van der Waals surface area contributed by atoms with Crippen molar-refractivity contribution in [3.05, 3.63) is 29.8 Å². The lowest BCUT2D eigenvalue weighted by molar-refractivity contribution is -0.136. The smallest absolute Gasteiger partial charge is 0.313 e. The minimum absolute atomic E-state index is 0.0367. The van der Waals surface area contributed by atoms with Crippen molar-refractivity contribution in [2.24, 2.45) is 0 Å². The Bertz CT molecular complexity index is 482. The summed E-state index contributed by atoms with van der Waals surface area (Å²) < 4.78 is 5.39. The number of carbonyl (C=O) groups excluding carboxylic acids is 2. The number of anilines is 1. The van der Waals surface area contributed by atoms with Crippen LogP contribution >= 0.6 is 0 Å². The van der Waals surface area contributed by atoms with Gasteiger partial charge >= 0.3 is 11.8 Å². The Morgan fingerprint density at radius 1 is 1.30 bits per heavy atom. The highest BCUT2D eigenvalue weighted by Crippen LogP contribution is 2.15. The van der Waals surface area contributed by atoms with Crippen molar-refractivity contribution in [1.82, 2.24) is 5.32 Å². The molecule has 5 nitrogen and oxygen atoms in total. The molecule has 5 heteroatoms. The zero-order valence-corrected chi connectivity index (χ0v) is 11.6. The number of hydrogen-bond acceptors (Lipinski definition) is 3. The van der Waals surface area contributed by atoms with E-state index in [9.17, 15) is 9.59 Å². The largest absolute Gasteiger partial charge is 0.376 e. The van der Waals surface area contributed by atoms with Crippen molar-refractivity contribution in [1.29, 1.82) is 0 Å². The highest BCUT2D eigenvalue weighted by atomic mass is 16.5. The van der Waals surface area contributed by atoms with E-state index in [1.165, 1.54) is 0 Å². The fourth-order valence-electron chi connectivity index (χ4n) is 2.22. The third-order valence-electron chi connectivity index (χ3n) is 3.37. The van der Waals surface area contributed by atoms with Crippen LogP contribution in [0.1, 0.15) is 25.3 Å². The molecule has 0 aliphatic carbocycles. The number of hydrogen-bond donors (Lipinski definition) is 2. The summed E-state index contributed by atoms with van der Waals surface area (Å²) in [7, 11) is 0. The molecule has 0 saturated carbocycles. The number of carbonyl (C=O) groups is 2. The van der Waals surface area contributed by atoms with E-state index in [2.05, 4.69) is 10.6 Å². The monoisotopic (exact) mass is 276 g/mol. The minimum atomic E-state index is -0.635. The predicted molar refractivity (Wildman–Crippen MR) is 76.4 cm³/mol. The van der Waals surface area contributed by atoms with Gasteiger partial charge in [0.2, 0.25) is 0 Å². The molecule has 2 N–H and O–H groups in total. The summed E-state index contributed by atoms with van der Waals surface area (Å²) >= 11 is 0. The molecule has 0 bridgehead atoms. The second kappa shape index (κ2) is 7.05. The maximum absolute atomic E-state index is 11.8. The Balaban J connectivity index is 1.85. The Kier molecular flexibility index (Phi) is 5.12. The molecule has 0 radical (unpaired) electrons. The molecule has 1 unspecified atom stereocenters. The van der Waals surface area contributed by atoms with Gasteiger partial charge < -0.3 is 15.4 Å². The molecule has 20 heavy (non-hydrogen) atoms. The lowest BCUT2D eigenvalue weighted by Crippen LogP contribution is -2.39. The van der Waals surface area contributed by atoms with Gasteiger partial charge in [-0.05, 0) is 30.9 Å². The summed E-state index contributed by atoms with van der Waals surface area (Å²) in [4.78, 5) is 23.5. The molecule has 1 fully saturated rings. The van der Waals surface area contributed by atoms with Gasteiger partial charge in [0.25, 0.3) is 0 Å². The van der Waals surface area contributed by atoms with Gasteiger partial charge in [0, 0.05) is 18.8 Å². The molecule has 1 saturated heterocycles. The minimum Gasteiger partial charge on any atom is -0.376 e. The van der Waals surface area contributed by atoms with E-state index in [0.717, 1.165) is 31.4 Å². The predicted octanol–water partition coefficient (Wildman–Crippen LogP) is 1.48. The number of para-hydroxylation sites is 1. The van der Waals surface area contributed by atoms with Crippen LogP contribution in [-0.2, 0) is 20.7 Å². The SMILES string of the molecule is CCc1ccccc1NC(=O)C(=O)NCC1CCCO1. The topological polar surface area (TPSA) is 67.4 Å². The first kappa shape index (κ1) is 14.5. The van der Waals surface area contributed by atoms with E-state index in [1.54, 1.807) is 6.07 Å². The molecule has 2 amide bonds. The molecule has 1 aliphatic heterocycles. The maximum Gasteiger partial charge on any atom is 0.313 e. The molecule has 1 heterocycles. The summed E-state index contributed by atoms with van der Waals surface area (Å²) in [6, 6.07) is 7.47. The summed E-state index contributed by atoms with van der Waals surface area (Å²) in [5.74, 6) is -1.25. The van der Waals surface area contributed by atoms with E-state index < -0.39 is 11.8 Å². The lowest BCUT2D eigenvalue weighted by Gasteiger charge is -2.12. The highest BCUT2D eigenvalue weighted by Gasteiger charge is 2.19. The average Bonchev–Trinajstić information content (AvgIpc) is 2.98. The van der Waals surface area contributed by atoms with Crippen molar-refractivity contribution in [3.8, 4) is 0 Å². The van der Waals surface area contributed by atoms with E-state index in [0.29, 0.717) is 12.2 Å². The van der Waals surface area contributed by atoms with Gasteiger partial charge in [-0.2, -0.15) is 0 Å². The number of ether oxygens (including phenoxy) is 1. The van der Waals surface area contributed by atoms with E-state index in [4.69, 9.17) is 4.74 Å². The average molecular weight is 276 g/mol. The van der Waals surface area contributed by atoms with Gasteiger partial charge in [0.15, 0.2) is 0 Å². The van der Waals surface area contributed by atoms with E-state index in [1.807, 2.05) is 25.1 Å². The first-order valence-electron chi connectivity index (χ1n) is 6.99. The van der Waals surface area contributed by atoms with Crippen LogP contribution in [0.15, 0.2) is 24.3 Å². The fraction of sp³-hybridized carbons (Fsp3) is 0.467. The quantitative estimate of drug-likeness (QED) is 0.819. The highest BCUT2D eigenvalue weighted by molar-refractivity contribution is 6.39. The van der Waals surface area contributed by atoms with Crippen LogP contribution in [0.25, 0.3) is 0 Å². The molecule has 108 valence electrons. The lowest BCUT2D eigenvalue weighted by atomic mass is 10.1. The van der Waals surface area contributed by atoms with Gasteiger partial charge in [0.05, 0.1) is 6.10 Å². The fourth-order valence-corrected chi connectivity index (χ4v) is 2.22. The summed E-state index contributed by atoms with van der Waals surface area (Å²) in [6.07, 6.45) is 2.78. The Hall–Kier alpha value is -1.88. The van der Waals surface area contributed by atoms with Crippen molar-refractivity contribution in [2.45, 2.75) is 32.3 Å². The molecule has 1 aromatic rings. The molecule has 0 spiro atoms. The van der Waals surface area contributed by atoms with Crippen LogP contribution < -0.4 is 10.6 Å². The third kappa shape index (κ3) is 3.81. The second-order valence-electron chi connectivity index (χ2n) is 4.81. The molecule has 2 rings (SSSR count). The van der Waals surface area contributed by atoms with Crippen LogP contribution in [-0.4, -0.2) is 31.1 Å². The molecule has 0 aromatic heterocycles.